The summed E-state index contributed by atoms with van der Waals surface area (Å²) in [6.45, 7) is 5.12. The van der Waals surface area contributed by atoms with Gasteiger partial charge in [-0.1, -0.05) is 0 Å². The van der Waals surface area contributed by atoms with E-state index in [-0.39, 0.29) is 0 Å². The van der Waals surface area contributed by atoms with Crippen LogP contribution in [0.3, 0.4) is 0 Å². The summed E-state index contributed by atoms with van der Waals surface area (Å²) in [5.41, 5.74) is -0.662. The number of rotatable bonds is 1. The minimum atomic E-state index is -0.878. The Labute approximate surface area is 106 Å². The molecule has 4 nitrogen and oxygen atoms in total. The summed E-state index contributed by atoms with van der Waals surface area (Å²) in [7, 11) is 0. The van der Waals surface area contributed by atoms with Crippen molar-refractivity contribution in [3.05, 3.63) is 15.9 Å². The van der Waals surface area contributed by atoms with Gasteiger partial charge in [0.05, 0.1) is 8.79 Å². The van der Waals surface area contributed by atoms with E-state index in [9.17, 15) is 9.59 Å². The average molecular weight is 306 g/mol. The van der Waals surface area contributed by atoms with Gasteiger partial charge >= 0.3 is 11.9 Å². The largest absolute Gasteiger partial charge is 0.453 e. The Morgan fingerprint density at radius 1 is 1.38 bits per heavy atom. The van der Waals surface area contributed by atoms with Gasteiger partial charge in [-0.3, -0.25) is 4.79 Å². The van der Waals surface area contributed by atoms with Gasteiger partial charge in [0.25, 0.3) is 0 Å². The molecule has 0 bridgehead atoms. The van der Waals surface area contributed by atoms with Crippen LogP contribution in [0.1, 0.15) is 20.8 Å². The van der Waals surface area contributed by atoms with Gasteiger partial charge in [-0.05, 0) is 48.8 Å². The molecular weight excluding hydrogens is 294 g/mol. The van der Waals surface area contributed by atoms with Gasteiger partial charge in [0, 0.05) is 0 Å². The highest BCUT2D eigenvalue weighted by atomic mass is 79.9. The van der Waals surface area contributed by atoms with Crippen molar-refractivity contribution in [1.82, 2.24) is 0 Å². The number of hydrogen-bond acceptors (Lipinski definition) is 4. The van der Waals surface area contributed by atoms with Crippen LogP contribution in [0.15, 0.2) is 15.9 Å². The number of halogens is 1. The summed E-state index contributed by atoms with van der Waals surface area (Å²) in [5, 5.41) is 3.06. The fourth-order valence-corrected chi connectivity index (χ4v) is 2.15. The summed E-state index contributed by atoms with van der Waals surface area (Å²) in [6, 6.07) is 3.49. The van der Waals surface area contributed by atoms with E-state index in [1.807, 2.05) is 0 Å². The average Bonchev–Trinajstić information content (AvgIpc) is 2.48. The molecule has 1 rings (SSSR count). The zero-order chi connectivity index (χ0) is 12.3. The van der Waals surface area contributed by atoms with Gasteiger partial charge in [0.1, 0.15) is 5.60 Å². The summed E-state index contributed by atoms with van der Waals surface area (Å²) in [6.07, 6.45) is 0. The molecule has 0 saturated carbocycles. The Balaban J connectivity index is 2.56. The quantitative estimate of drug-likeness (QED) is 0.641. The molecule has 1 amide bonds. The number of carbonyl (C=O) groups excluding carboxylic acids is 2. The van der Waals surface area contributed by atoms with Gasteiger partial charge in [0.15, 0.2) is 0 Å². The lowest BCUT2D eigenvalue weighted by Gasteiger charge is -2.18. The normalized spacial score (nSPS) is 11.0. The molecule has 0 spiro atoms. The predicted molar refractivity (Wildman–Crippen MR) is 66.5 cm³/mol. The minimum absolute atomic E-state index is 0.600. The molecule has 0 unspecified atom stereocenters. The molecule has 0 fully saturated rings. The molecule has 1 N–H and O–H groups in total. The Morgan fingerprint density at radius 2 is 2.00 bits per heavy atom. The molecule has 1 aromatic heterocycles. The number of anilines is 1. The first-order valence-corrected chi connectivity index (χ1v) is 6.18. The van der Waals surface area contributed by atoms with E-state index in [0.717, 1.165) is 3.79 Å². The molecule has 0 aliphatic rings. The van der Waals surface area contributed by atoms with Crippen LogP contribution < -0.4 is 5.32 Å². The molecule has 88 valence electrons. The smallest absolute Gasteiger partial charge is 0.397 e. The van der Waals surface area contributed by atoms with Crippen molar-refractivity contribution in [2.45, 2.75) is 26.4 Å². The summed E-state index contributed by atoms with van der Waals surface area (Å²) in [5.74, 6) is -1.64. The number of amides is 1. The van der Waals surface area contributed by atoms with Crippen molar-refractivity contribution in [2.75, 3.05) is 5.32 Å². The van der Waals surface area contributed by atoms with Gasteiger partial charge in [-0.15, -0.1) is 11.3 Å². The second-order valence-electron chi connectivity index (χ2n) is 4.06. The maximum atomic E-state index is 11.4. The highest BCUT2D eigenvalue weighted by Gasteiger charge is 2.23. The van der Waals surface area contributed by atoms with E-state index in [4.69, 9.17) is 4.74 Å². The molecule has 0 radical (unpaired) electrons. The minimum Gasteiger partial charge on any atom is -0.453 e. The topological polar surface area (TPSA) is 55.4 Å². The lowest BCUT2D eigenvalue weighted by Crippen LogP contribution is -2.32. The number of thiophene rings is 1. The van der Waals surface area contributed by atoms with E-state index < -0.39 is 17.5 Å². The van der Waals surface area contributed by atoms with Crippen LogP contribution >= 0.6 is 27.3 Å². The van der Waals surface area contributed by atoms with Crippen LogP contribution in [0, 0.1) is 0 Å². The van der Waals surface area contributed by atoms with Gasteiger partial charge < -0.3 is 10.1 Å². The van der Waals surface area contributed by atoms with Crippen LogP contribution in [0.4, 0.5) is 5.00 Å². The lowest BCUT2D eigenvalue weighted by molar-refractivity contribution is -0.161. The number of esters is 1. The summed E-state index contributed by atoms with van der Waals surface area (Å²) < 4.78 is 5.80. The van der Waals surface area contributed by atoms with Crippen molar-refractivity contribution in [3.8, 4) is 0 Å². The van der Waals surface area contributed by atoms with E-state index in [1.54, 1.807) is 32.9 Å². The second kappa shape index (κ2) is 4.97. The fraction of sp³-hybridized carbons (Fsp3) is 0.400. The van der Waals surface area contributed by atoms with Gasteiger partial charge in [-0.25, -0.2) is 4.79 Å². The molecule has 6 heteroatoms. The van der Waals surface area contributed by atoms with Gasteiger partial charge in [-0.2, -0.15) is 0 Å². The molecule has 0 aliphatic carbocycles. The van der Waals surface area contributed by atoms with Crippen LogP contribution in [-0.2, 0) is 14.3 Å². The maximum Gasteiger partial charge on any atom is 0.397 e. The first kappa shape index (κ1) is 13.2. The SMILES string of the molecule is CC(C)(C)OC(=O)C(=O)Nc1ccc(Br)s1. The zero-order valence-electron chi connectivity index (χ0n) is 9.17. The molecule has 1 heterocycles. The van der Waals surface area contributed by atoms with Crippen LogP contribution in [-0.4, -0.2) is 17.5 Å². The lowest BCUT2D eigenvalue weighted by atomic mass is 10.2. The highest BCUT2D eigenvalue weighted by molar-refractivity contribution is 9.11. The van der Waals surface area contributed by atoms with Crippen molar-refractivity contribution >= 4 is 44.1 Å². The number of hydrogen-bond donors (Lipinski definition) is 1. The van der Waals surface area contributed by atoms with E-state index in [1.165, 1.54) is 11.3 Å². The van der Waals surface area contributed by atoms with Gasteiger partial charge in [0.2, 0.25) is 0 Å². The molecule has 0 aliphatic heterocycles. The number of ether oxygens (including phenoxy) is 1. The van der Waals surface area contributed by atoms with Crippen molar-refractivity contribution in [3.63, 3.8) is 0 Å². The van der Waals surface area contributed by atoms with E-state index in [2.05, 4.69) is 21.2 Å². The third-order valence-corrected chi connectivity index (χ3v) is 2.93. The molecule has 16 heavy (non-hydrogen) atoms. The second-order valence-corrected chi connectivity index (χ2v) is 6.52. The third-order valence-electron chi connectivity index (χ3n) is 1.39. The Kier molecular flexibility index (Phi) is 4.09. The first-order valence-electron chi connectivity index (χ1n) is 4.57. The third kappa shape index (κ3) is 4.32. The van der Waals surface area contributed by atoms with E-state index >= 15 is 0 Å². The maximum absolute atomic E-state index is 11.4. The standard InChI is InChI=1S/C10H12BrNO3S/c1-10(2,3)15-9(14)8(13)12-7-5-4-6(11)16-7/h4-5H,1-3H3,(H,12,13). The fourth-order valence-electron chi connectivity index (χ4n) is 0.869. The molecule has 0 aromatic carbocycles. The van der Waals surface area contributed by atoms with Crippen molar-refractivity contribution < 1.29 is 14.3 Å². The Hall–Kier alpha value is -0.880. The van der Waals surface area contributed by atoms with Crippen LogP contribution in [0.5, 0.6) is 0 Å². The van der Waals surface area contributed by atoms with Crippen LogP contribution in [0.25, 0.3) is 0 Å². The summed E-state index contributed by atoms with van der Waals surface area (Å²) >= 11 is 4.59. The first-order chi connectivity index (χ1) is 7.28. The monoisotopic (exact) mass is 305 g/mol. The Bertz CT molecular complexity index is 408. The molecule has 0 saturated heterocycles. The zero-order valence-corrected chi connectivity index (χ0v) is 11.6. The highest BCUT2D eigenvalue weighted by Crippen LogP contribution is 2.26. The number of carbonyl (C=O) groups is 2. The van der Waals surface area contributed by atoms with Crippen LogP contribution in [0.2, 0.25) is 0 Å². The van der Waals surface area contributed by atoms with Crippen molar-refractivity contribution in [2.24, 2.45) is 0 Å². The predicted octanol–water partition coefficient (Wildman–Crippen LogP) is 2.79. The number of nitrogens with one attached hydrogen (secondary N) is 1. The summed E-state index contributed by atoms with van der Waals surface area (Å²) in [4.78, 5) is 22.7. The molecule has 1 aromatic rings. The van der Waals surface area contributed by atoms with Crippen molar-refractivity contribution in [1.29, 1.82) is 0 Å². The molecule has 0 atom stereocenters. The Morgan fingerprint density at radius 3 is 2.44 bits per heavy atom. The van der Waals surface area contributed by atoms with E-state index in [0.29, 0.717) is 5.00 Å². The molecular formula is C10H12BrNO3S.